The van der Waals surface area contributed by atoms with Gasteiger partial charge in [-0.2, -0.15) is 0 Å². The average Bonchev–Trinajstić information content (AvgIpc) is 3.50. The molecule has 0 aromatic heterocycles. The fraction of sp³-hybridized carbons (Fsp3) is 0.808. The molecule has 3 fully saturated rings. The largest absolute Gasteiger partial charge is 0.462 e. The summed E-state index contributed by atoms with van der Waals surface area (Å²) in [5.41, 5.74) is 0.657. The van der Waals surface area contributed by atoms with Gasteiger partial charge in [0.1, 0.15) is 19.3 Å². The Kier molecular flexibility index (Phi) is 7.62. The van der Waals surface area contributed by atoms with Crippen LogP contribution in [0.4, 0.5) is 0 Å². The molecule has 0 radical (unpaired) electrons. The standard InChI is InChI=1S/C26H40O7/c1-17-9-12-25(6)23(8-7-11-26(25)16-32-26)24(17,5)14-22(33-20(4)29)21(15-31-19(3)28)10-13-30-18(2)27/h10,17,22-23H,7-9,11-16H2,1-6H3/b21-10+/t17-,22?,23?,24+,25-,26?/m1/s1. The molecule has 2 aliphatic carbocycles. The molecular formula is C26H40O7. The smallest absolute Gasteiger partial charge is 0.303 e. The van der Waals surface area contributed by atoms with Crippen LogP contribution in [0.2, 0.25) is 0 Å². The number of carbonyl (C=O) groups is 3. The van der Waals surface area contributed by atoms with Crippen LogP contribution in [-0.2, 0) is 33.3 Å². The highest BCUT2D eigenvalue weighted by Gasteiger charge is 2.68. The molecule has 3 aliphatic rings. The van der Waals surface area contributed by atoms with Gasteiger partial charge in [0.15, 0.2) is 0 Å². The van der Waals surface area contributed by atoms with Crippen molar-refractivity contribution in [1.29, 1.82) is 0 Å². The number of rotatable bonds is 8. The van der Waals surface area contributed by atoms with E-state index < -0.39 is 18.0 Å². The van der Waals surface area contributed by atoms with Gasteiger partial charge >= 0.3 is 17.9 Å². The molecular weight excluding hydrogens is 424 g/mol. The third kappa shape index (κ3) is 5.28. The van der Waals surface area contributed by atoms with Crippen molar-refractivity contribution >= 4 is 17.9 Å². The van der Waals surface area contributed by atoms with Gasteiger partial charge in [-0.15, -0.1) is 0 Å². The van der Waals surface area contributed by atoms with Crippen LogP contribution < -0.4 is 0 Å². The van der Waals surface area contributed by atoms with E-state index in [1.807, 2.05) is 0 Å². The molecule has 3 unspecified atom stereocenters. The van der Waals surface area contributed by atoms with Gasteiger partial charge in [-0.25, -0.2) is 0 Å². The Balaban J connectivity index is 1.92. The highest BCUT2D eigenvalue weighted by Crippen LogP contribution is 2.68. The summed E-state index contributed by atoms with van der Waals surface area (Å²) in [6.07, 6.45) is 7.41. The molecule has 0 N–H and O–H groups in total. The van der Waals surface area contributed by atoms with E-state index in [-0.39, 0.29) is 35.6 Å². The fourth-order valence-electron chi connectivity index (χ4n) is 6.65. The number of esters is 3. The van der Waals surface area contributed by atoms with Crippen LogP contribution in [0.5, 0.6) is 0 Å². The Morgan fingerprint density at radius 1 is 1.03 bits per heavy atom. The van der Waals surface area contributed by atoms with Gasteiger partial charge in [-0.3, -0.25) is 14.4 Å². The van der Waals surface area contributed by atoms with Crippen LogP contribution in [0.25, 0.3) is 0 Å². The van der Waals surface area contributed by atoms with Gasteiger partial charge in [-0.1, -0.05) is 27.2 Å². The van der Waals surface area contributed by atoms with Crippen LogP contribution in [0, 0.1) is 22.7 Å². The highest BCUT2D eigenvalue weighted by atomic mass is 16.6. The van der Waals surface area contributed by atoms with Crippen LogP contribution in [0.3, 0.4) is 0 Å². The van der Waals surface area contributed by atoms with Gasteiger partial charge in [0.25, 0.3) is 0 Å². The lowest BCUT2D eigenvalue weighted by atomic mass is 9.44. The first kappa shape index (κ1) is 25.7. The van der Waals surface area contributed by atoms with Crippen molar-refractivity contribution in [3.63, 3.8) is 0 Å². The van der Waals surface area contributed by atoms with E-state index in [4.69, 9.17) is 18.9 Å². The zero-order chi connectivity index (χ0) is 24.4. The third-order valence-electron chi connectivity index (χ3n) is 8.82. The summed E-state index contributed by atoms with van der Waals surface area (Å²) in [5.74, 6) is -0.332. The molecule has 6 atom stereocenters. The van der Waals surface area contributed by atoms with Crippen LogP contribution in [0.1, 0.15) is 80.1 Å². The van der Waals surface area contributed by atoms with E-state index in [0.717, 1.165) is 38.7 Å². The molecule has 186 valence electrons. The minimum Gasteiger partial charge on any atom is -0.462 e. The molecule has 33 heavy (non-hydrogen) atoms. The second-order valence-electron chi connectivity index (χ2n) is 10.8. The average molecular weight is 465 g/mol. The summed E-state index contributed by atoms with van der Waals surface area (Å²) < 4.78 is 22.3. The summed E-state index contributed by atoms with van der Waals surface area (Å²) in [4.78, 5) is 34.9. The zero-order valence-electron chi connectivity index (χ0n) is 21.0. The first-order valence-corrected chi connectivity index (χ1v) is 12.2. The molecule has 3 rings (SSSR count). The second kappa shape index (κ2) is 9.77. The molecule has 0 amide bonds. The summed E-state index contributed by atoms with van der Waals surface area (Å²) in [6.45, 7) is 12.0. The lowest BCUT2D eigenvalue weighted by Gasteiger charge is -2.60. The van der Waals surface area contributed by atoms with Gasteiger partial charge in [0, 0.05) is 31.8 Å². The first-order valence-electron chi connectivity index (χ1n) is 12.2. The normalized spacial score (nSPS) is 36.5. The molecule has 1 saturated heterocycles. The molecule has 0 aromatic rings. The molecule has 1 spiro atoms. The maximum Gasteiger partial charge on any atom is 0.303 e. The molecule has 1 heterocycles. The highest BCUT2D eigenvalue weighted by molar-refractivity contribution is 5.67. The third-order valence-corrected chi connectivity index (χ3v) is 8.82. The van der Waals surface area contributed by atoms with Crippen molar-refractivity contribution < 1.29 is 33.3 Å². The fourth-order valence-corrected chi connectivity index (χ4v) is 6.65. The summed E-state index contributed by atoms with van der Waals surface area (Å²) in [5, 5.41) is 0. The molecule has 7 heteroatoms. The van der Waals surface area contributed by atoms with E-state index in [1.54, 1.807) is 6.08 Å². The van der Waals surface area contributed by atoms with Crippen molar-refractivity contribution in [2.24, 2.45) is 22.7 Å². The maximum absolute atomic E-state index is 12.1. The monoisotopic (exact) mass is 464 g/mol. The summed E-state index contributed by atoms with van der Waals surface area (Å²) in [7, 11) is 0. The zero-order valence-corrected chi connectivity index (χ0v) is 21.0. The Morgan fingerprint density at radius 2 is 1.70 bits per heavy atom. The van der Waals surface area contributed by atoms with E-state index in [2.05, 4.69) is 20.8 Å². The van der Waals surface area contributed by atoms with Crippen molar-refractivity contribution in [2.45, 2.75) is 91.8 Å². The van der Waals surface area contributed by atoms with Crippen LogP contribution in [-0.4, -0.2) is 49.4 Å². The molecule has 2 saturated carbocycles. The van der Waals surface area contributed by atoms with Crippen molar-refractivity contribution in [3.8, 4) is 0 Å². The lowest BCUT2D eigenvalue weighted by molar-refractivity contribution is -0.156. The van der Waals surface area contributed by atoms with Crippen molar-refractivity contribution in [2.75, 3.05) is 19.8 Å². The van der Waals surface area contributed by atoms with E-state index >= 15 is 0 Å². The molecule has 1 aliphatic heterocycles. The maximum atomic E-state index is 12.1. The lowest BCUT2D eigenvalue weighted by Crippen LogP contribution is -2.57. The number of ether oxygens (including phenoxy) is 4. The topological polar surface area (TPSA) is 91.4 Å². The minimum atomic E-state index is -0.565. The van der Waals surface area contributed by atoms with Gasteiger partial charge < -0.3 is 18.9 Å². The van der Waals surface area contributed by atoms with Crippen LogP contribution >= 0.6 is 0 Å². The minimum absolute atomic E-state index is 0.0000160. The Labute approximate surface area is 197 Å². The number of hydrogen-bond donors (Lipinski definition) is 0. The predicted molar refractivity (Wildman–Crippen MR) is 122 cm³/mol. The predicted octanol–water partition coefficient (Wildman–Crippen LogP) is 4.37. The van der Waals surface area contributed by atoms with Crippen molar-refractivity contribution in [3.05, 3.63) is 11.6 Å². The van der Waals surface area contributed by atoms with Crippen LogP contribution in [0.15, 0.2) is 11.6 Å². The number of epoxide rings is 1. The Bertz CT molecular complexity index is 798. The van der Waals surface area contributed by atoms with E-state index in [1.165, 1.54) is 20.8 Å². The molecule has 7 nitrogen and oxygen atoms in total. The Hall–Kier alpha value is -1.89. The first-order chi connectivity index (χ1) is 15.4. The van der Waals surface area contributed by atoms with E-state index in [0.29, 0.717) is 23.8 Å². The van der Waals surface area contributed by atoms with Gasteiger partial charge in [-0.05, 0) is 55.4 Å². The number of hydrogen-bond acceptors (Lipinski definition) is 7. The van der Waals surface area contributed by atoms with Gasteiger partial charge in [0.05, 0.1) is 12.2 Å². The number of fused-ring (bicyclic) bond motifs is 2. The molecule has 0 bridgehead atoms. The molecule has 0 aromatic carbocycles. The van der Waals surface area contributed by atoms with Gasteiger partial charge in [0.2, 0.25) is 0 Å². The van der Waals surface area contributed by atoms with Crippen molar-refractivity contribution in [1.82, 2.24) is 0 Å². The SMILES string of the molecule is CC(=O)OC/C=C(\COC(C)=O)C(C[C@]1(C)C2CCCC3(CO3)[C@]2(C)CC[C@H]1C)OC(C)=O. The number of carbonyl (C=O) groups excluding carboxylic acids is 3. The quantitative estimate of drug-likeness (QED) is 0.228. The second-order valence-corrected chi connectivity index (χ2v) is 10.8. The Morgan fingerprint density at radius 3 is 2.27 bits per heavy atom. The van der Waals surface area contributed by atoms with E-state index in [9.17, 15) is 14.4 Å². The summed E-state index contributed by atoms with van der Waals surface area (Å²) in [6, 6.07) is 0. The summed E-state index contributed by atoms with van der Waals surface area (Å²) >= 11 is 0.